The van der Waals surface area contributed by atoms with E-state index in [-0.39, 0.29) is 0 Å². The molecule has 0 aliphatic heterocycles. The van der Waals surface area contributed by atoms with Gasteiger partial charge in [-0.1, -0.05) is 54.6 Å². The monoisotopic (exact) mass is 413 g/mol. The maximum Gasteiger partial charge on any atom is 0.408 e. The number of alkyl carbamates (subject to hydrolysis) is 1. The first-order valence-electron chi connectivity index (χ1n) is 9.95. The molecule has 0 bridgehead atoms. The summed E-state index contributed by atoms with van der Waals surface area (Å²) in [7, 11) is 0. The van der Waals surface area contributed by atoms with Crippen LogP contribution in [0.1, 0.15) is 47.1 Å². The molecular formula is C24H31NO5. The fourth-order valence-electron chi connectivity index (χ4n) is 3.15. The standard InChI is InChI=1S/C24H31NO5/c1-16(29-23(2,3)4)20(21(26)27)25-22(28)30-24(5,6)19-14-12-18(13-15-19)17-10-8-7-9-11-17/h7-16,20H,1-6H3,(H,25,28)(H,26,27)/t16-,20-/m0/s1. The van der Waals surface area contributed by atoms with Crippen LogP contribution in [0.25, 0.3) is 11.1 Å². The summed E-state index contributed by atoms with van der Waals surface area (Å²) < 4.78 is 11.2. The Bertz CT molecular complexity index is 853. The molecule has 6 heteroatoms. The van der Waals surface area contributed by atoms with Crippen LogP contribution in [-0.4, -0.2) is 34.9 Å². The first-order valence-corrected chi connectivity index (χ1v) is 9.95. The van der Waals surface area contributed by atoms with Crippen LogP contribution in [0.4, 0.5) is 4.79 Å². The summed E-state index contributed by atoms with van der Waals surface area (Å²) in [4.78, 5) is 24.1. The van der Waals surface area contributed by atoms with Crippen molar-refractivity contribution in [3.63, 3.8) is 0 Å². The number of rotatable bonds is 7. The van der Waals surface area contributed by atoms with Crippen molar-refractivity contribution in [2.24, 2.45) is 0 Å². The van der Waals surface area contributed by atoms with Crippen LogP contribution < -0.4 is 5.32 Å². The summed E-state index contributed by atoms with van der Waals surface area (Å²) in [5, 5.41) is 11.9. The molecule has 0 spiro atoms. The highest BCUT2D eigenvalue weighted by molar-refractivity contribution is 5.80. The van der Waals surface area contributed by atoms with Gasteiger partial charge in [0.05, 0.1) is 11.7 Å². The number of carbonyl (C=O) groups excluding carboxylic acids is 1. The average Bonchev–Trinajstić information content (AvgIpc) is 2.65. The molecule has 0 unspecified atom stereocenters. The highest BCUT2D eigenvalue weighted by Gasteiger charge is 2.33. The molecule has 30 heavy (non-hydrogen) atoms. The Morgan fingerprint density at radius 1 is 0.900 bits per heavy atom. The summed E-state index contributed by atoms with van der Waals surface area (Å²) in [6.45, 7) is 10.6. The van der Waals surface area contributed by atoms with E-state index in [1.165, 1.54) is 0 Å². The molecule has 0 fully saturated rings. The second-order valence-electron chi connectivity index (χ2n) is 8.74. The molecule has 2 atom stereocenters. The maximum atomic E-state index is 12.5. The van der Waals surface area contributed by atoms with Crippen LogP contribution in [0.5, 0.6) is 0 Å². The predicted molar refractivity (Wildman–Crippen MR) is 116 cm³/mol. The zero-order valence-corrected chi connectivity index (χ0v) is 18.4. The lowest BCUT2D eigenvalue weighted by Gasteiger charge is -2.31. The Labute approximate surface area is 178 Å². The molecule has 1 amide bonds. The van der Waals surface area contributed by atoms with Gasteiger partial charge in [-0.25, -0.2) is 9.59 Å². The van der Waals surface area contributed by atoms with Gasteiger partial charge in [0.15, 0.2) is 6.04 Å². The van der Waals surface area contributed by atoms with Gasteiger partial charge < -0.3 is 19.9 Å². The summed E-state index contributed by atoms with van der Waals surface area (Å²) in [5.41, 5.74) is 1.45. The van der Waals surface area contributed by atoms with Crippen molar-refractivity contribution >= 4 is 12.1 Å². The number of hydrogen-bond acceptors (Lipinski definition) is 4. The van der Waals surface area contributed by atoms with E-state index < -0.39 is 35.4 Å². The molecule has 0 radical (unpaired) electrons. The topological polar surface area (TPSA) is 84.9 Å². The lowest BCUT2D eigenvalue weighted by Crippen LogP contribution is -2.51. The number of carboxylic acid groups (broad SMARTS) is 1. The fraction of sp³-hybridized carbons (Fsp3) is 0.417. The quantitative estimate of drug-likeness (QED) is 0.669. The van der Waals surface area contributed by atoms with E-state index in [1.807, 2.05) is 75.4 Å². The normalized spacial score (nSPS) is 13.9. The molecule has 2 N–H and O–H groups in total. The van der Waals surface area contributed by atoms with Crippen molar-refractivity contribution in [1.29, 1.82) is 0 Å². The molecule has 0 heterocycles. The van der Waals surface area contributed by atoms with Crippen LogP contribution >= 0.6 is 0 Å². The molecule has 0 saturated carbocycles. The van der Waals surface area contributed by atoms with Gasteiger partial charge in [0.25, 0.3) is 0 Å². The van der Waals surface area contributed by atoms with Crippen LogP contribution in [-0.2, 0) is 19.9 Å². The van der Waals surface area contributed by atoms with Gasteiger partial charge in [-0.2, -0.15) is 0 Å². The molecular weight excluding hydrogens is 382 g/mol. The van der Waals surface area contributed by atoms with Gasteiger partial charge in [-0.3, -0.25) is 0 Å². The highest BCUT2D eigenvalue weighted by atomic mass is 16.6. The Balaban J connectivity index is 2.07. The summed E-state index contributed by atoms with van der Waals surface area (Å²) in [6, 6.07) is 16.5. The minimum Gasteiger partial charge on any atom is -0.480 e. The summed E-state index contributed by atoms with van der Waals surface area (Å²) in [6.07, 6.45) is -1.55. The third-order valence-electron chi connectivity index (χ3n) is 4.58. The van der Waals surface area contributed by atoms with Crippen molar-refractivity contribution < 1.29 is 24.2 Å². The van der Waals surface area contributed by atoms with Crippen molar-refractivity contribution in [1.82, 2.24) is 5.32 Å². The number of carboxylic acids is 1. The second-order valence-corrected chi connectivity index (χ2v) is 8.74. The smallest absolute Gasteiger partial charge is 0.408 e. The van der Waals surface area contributed by atoms with E-state index in [2.05, 4.69) is 5.32 Å². The average molecular weight is 414 g/mol. The number of hydrogen-bond donors (Lipinski definition) is 2. The van der Waals surface area contributed by atoms with Crippen LogP contribution in [0.15, 0.2) is 54.6 Å². The van der Waals surface area contributed by atoms with Crippen molar-refractivity contribution in [3.8, 4) is 11.1 Å². The molecule has 2 aromatic carbocycles. The van der Waals surface area contributed by atoms with E-state index in [9.17, 15) is 14.7 Å². The van der Waals surface area contributed by atoms with Gasteiger partial charge in [0.1, 0.15) is 5.60 Å². The van der Waals surface area contributed by atoms with E-state index >= 15 is 0 Å². The summed E-state index contributed by atoms with van der Waals surface area (Å²) in [5.74, 6) is -1.19. The molecule has 0 aliphatic carbocycles. The van der Waals surface area contributed by atoms with Gasteiger partial charge in [-0.15, -0.1) is 0 Å². The van der Waals surface area contributed by atoms with E-state index in [1.54, 1.807) is 20.8 Å². The van der Waals surface area contributed by atoms with Gasteiger partial charge in [-0.05, 0) is 58.2 Å². The minimum atomic E-state index is -1.23. The zero-order chi connectivity index (χ0) is 22.5. The lowest BCUT2D eigenvalue weighted by atomic mass is 9.95. The summed E-state index contributed by atoms with van der Waals surface area (Å²) >= 11 is 0. The first kappa shape index (κ1) is 23.4. The van der Waals surface area contributed by atoms with Gasteiger partial charge >= 0.3 is 12.1 Å². The van der Waals surface area contributed by atoms with Gasteiger partial charge in [0.2, 0.25) is 0 Å². The van der Waals surface area contributed by atoms with Crippen molar-refractivity contribution in [2.75, 3.05) is 0 Å². The fourth-order valence-corrected chi connectivity index (χ4v) is 3.15. The Morgan fingerprint density at radius 2 is 1.43 bits per heavy atom. The SMILES string of the molecule is C[C@H](OC(C)(C)C)[C@H](NC(=O)OC(C)(C)c1ccc(-c2ccccc2)cc1)C(=O)O. The highest BCUT2D eigenvalue weighted by Crippen LogP contribution is 2.28. The van der Waals surface area contributed by atoms with Gasteiger partial charge in [0, 0.05) is 0 Å². The molecule has 6 nitrogen and oxygen atoms in total. The van der Waals surface area contributed by atoms with E-state index in [0.29, 0.717) is 0 Å². The third kappa shape index (κ3) is 6.59. The Hall–Kier alpha value is -2.86. The zero-order valence-electron chi connectivity index (χ0n) is 18.4. The Kier molecular flexibility index (Phi) is 7.26. The number of nitrogens with one attached hydrogen (secondary N) is 1. The first-order chi connectivity index (χ1) is 13.9. The van der Waals surface area contributed by atoms with E-state index in [0.717, 1.165) is 16.7 Å². The molecule has 0 aliphatic rings. The molecule has 0 aromatic heterocycles. The number of amides is 1. The molecule has 2 aromatic rings. The largest absolute Gasteiger partial charge is 0.480 e. The Morgan fingerprint density at radius 3 is 1.93 bits per heavy atom. The van der Waals surface area contributed by atoms with Crippen LogP contribution in [0.2, 0.25) is 0 Å². The van der Waals surface area contributed by atoms with E-state index in [4.69, 9.17) is 9.47 Å². The minimum absolute atomic E-state index is 0.543. The number of ether oxygens (including phenoxy) is 2. The second kappa shape index (κ2) is 9.30. The van der Waals surface area contributed by atoms with Crippen LogP contribution in [0, 0.1) is 0 Å². The number of carbonyl (C=O) groups is 2. The predicted octanol–water partition coefficient (Wildman–Crippen LogP) is 4.97. The molecule has 162 valence electrons. The maximum absolute atomic E-state index is 12.5. The van der Waals surface area contributed by atoms with Crippen molar-refractivity contribution in [2.45, 2.75) is 64.9 Å². The lowest BCUT2D eigenvalue weighted by molar-refractivity contribution is -0.147. The number of aliphatic carboxylic acids is 1. The number of benzene rings is 2. The molecule has 0 saturated heterocycles. The third-order valence-corrected chi connectivity index (χ3v) is 4.58. The van der Waals surface area contributed by atoms with Crippen molar-refractivity contribution in [3.05, 3.63) is 60.2 Å². The molecule has 2 rings (SSSR count). The van der Waals surface area contributed by atoms with Crippen LogP contribution in [0.3, 0.4) is 0 Å².